The molecule has 122 valence electrons. The first-order valence-corrected chi connectivity index (χ1v) is 10.2. The van der Waals surface area contributed by atoms with Crippen LogP contribution in [0.4, 0.5) is 0 Å². The van der Waals surface area contributed by atoms with E-state index in [2.05, 4.69) is 59.2 Å². The molecule has 0 bridgehead atoms. The van der Waals surface area contributed by atoms with E-state index in [1.807, 2.05) is 23.5 Å². The summed E-state index contributed by atoms with van der Waals surface area (Å²) in [4.78, 5) is 2.84. The molecule has 2 aromatic rings. The maximum atomic E-state index is 3.57. The highest BCUT2D eigenvalue weighted by molar-refractivity contribution is 8.03. The molecule has 2 aromatic carbocycles. The molecule has 0 atom stereocenters. The van der Waals surface area contributed by atoms with E-state index >= 15 is 0 Å². The molecule has 0 saturated carbocycles. The zero-order valence-electron chi connectivity index (χ0n) is 13.4. The van der Waals surface area contributed by atoms with Gasteiger partial charge in [0, 0.05) is 34.4 Å². The summed E-state index contributed by atoms with van der Waals surface area (Å²) in [5, 5.41) is 7.14. The second-order valence-electron chi connectivity index (χ2n) is 5.62. The van der Waals surface area contributed by atoms with E-state index in [0.29, 0.717) is 0 Å². The highest BCUT2D eigenvalue weighted by Crippen LogP contribution is 2.27. The predicted molar refractivity (Wildman–Crippen MR) is 102 cm³/mol. The lowest BCUT2D eigenvalue weighted by atomic mass is 10.2. The molecule has 23 heavy (non-hydrogen) atoms. The van der Waals surface area contributed by atoms with Crippen molar-refractivity contribution in [3.63, 3.8) is 0 Å². The van der Waals surface area contributed by atoms with Gasteiger partial charge in [-0.3, -0.25) is 0 Å². The monoisotopic (exact) mass is 344 g/mol. The first kappa shape index (κ1) is 16.9. The number of nitrogens with one attached hydrogen (secondary N) is 2. The molecule has 0 aromatic heterocycles. The average Bonchev–Trinajstić information content (AvgIpc) is 2.60. The molecule has 4 heteroatoms. The number of thioether (sulfide) groups is 2. The smallest absolute Gasteiger partial charge is 0.0216 e. The van der Waals surface area contributed by atoms with Crippen LogP contribution in [-0.2, 0) is 13.1 Å². The normalized spacial score (nSPS) is 17.4. The van der Waals surface area contributed by atoms with Crippen LogP contribution in [0.5, 0.6) is 0 Å². The van der Waals surface area contributed by atoms with Gasteiger partial charge in [-0.15, -0.1) is 23.5 Å². The van der Waals surface area contributed by atoms with Crippen LogP contribution in [0, 0.1) is 0 Å². The quantitative estimate of drug-likeness (QED) is 0.749. The van der Waals surface area contributed by atoms with E-state index in [9.17, 15) is 0 Å². The third kappa shape index (κ3) is 5.28. The third-order valence-corrected chi connectivity index (χ3v) is 6.38. The van der Waals surface area contributed by atoms with E-state index in [-0.39, 0.29) is 0 Å². The van der Waals surface area contributed by atoms with Crippen molar-refractivity contribution >= 4 is 23.5 Å². The van der Waals surface area contributed by atoms with Gasteiger partial charge in [-0.25, -0.2) is 0 Å². The first-order chi connectivity index (χ1) is 11.4. The topological polar surface area (TPSA) is 24.1 Å². The summed E-state index contributed by atoms with van der Waals surface area (Å²) in [5.41, 5.74) is 2.84. The van der Waals surface area contributed by atoms with Gasteiger partial charge in [0.05, 0.1) is 0 Å². The van der Waals surface area contributed by atoms with E-state index in [0.717, 1.165) is 44.1 Å². The Morgan fingerprint density at radius 1 is 0.652 bits per heavy atom. The zero-order valence-corrected chi connectivity index (χ0v) is 15.0. The molecular formula is C19H24N2S2. The largest absolute Gasteiger partial charge is 0.313 e. The fourth-order valence-corrected chi connectivity index (χ4v) is 4.78. The van der Waals surface area contributed by atoms with Gasteiger partial charge >= 0.3 is 0 Å². The minimum atomic E-state index is 0.969. The van der Waals surface area contributed by atoms with Gasteiger partial charge in [-0.05, 0) is 42.8 Å². The summed E-state index contributed by atoms with van der Waals surface area (Å²) in [5.74, 6) is 2.28. The van der Waals surface area contributed by atoms with E-state index in [1.165, 1.54) is 20.9 Å². The fraction of sp³-hybridized carbons (Fsp3) is 0.368. The Kier molecular flexibility index (Phi) is 6.89. The molecule has 0 aliphatic carbocycles. The minimum Gasteiger partial charge on any atom is -0.313 e. The average molecular weight is 345 g/mol. The van der Waals surface area contributed by atoms with Crippen molar-refractivity contribution in [2.75, 3.05) is 24.6 Å². The van der Waals surface area contributed by atoms with Gasteiger partial charge in [0.15, 0.2) is 0 Å². The lowest BCUT2D eigenvalue weighted by Crippen LogP contribution is -2.21. The van der Waals surface area contributed by atoms with E-state index in [4.69, 9.17) is 0 Å². The molecule has 1 aliphatic rings. The summed E-state index contributed by atoms with van der Waals surface area (Å²) < 4.78 is 0. The van der Waals surface area contributed by atoms with Crippen LogP contribution in [0.25, 0.3) is 0 Å². The maximum Gasteiger partial charge on any atom is 0.0216 e. The number of rotatable bonds is 0. The molecular weight excluding hydrogens is 320 g/mol. The van der Waals surface area contributed by atoms with Gasteiger partial charge in [0.2, 0.25) is 0 Å². The Morgan fingerprint density at radius 2 is 1.13 bits per heavy atom. The van der Waals surface area contributed by atoms with Gasteiger partial charge in [-0.2, -0.15) is 0 Å². The Morgan fingerprint density at radius 3 is 1.65 bits per heavy atom. The highest BCUT2D eigenvalue weighted by atomic mass is 32.2. The maximum absolute atomic E-state index is 3.57. The lowest BCUT2D eigenvalue weighted by molar-refractivity contribution is 0.591. The minimum absolute atomic E-state index is 0.969. The van der Waals surface area contributed by atoms with E-state index < -0.39 is 0 Å². The molecule has 0 spiro atoms. The van der Waals surface area contributed by atoms with Crippen molar-refractivity contribution in [1.29, 1.82) is 0 Å². The number of benzene rings is 2. The van der Waals surface area contributed by atoms with Crippen LogP contribution in [0.3, 0.4) is 0 Å². The van der Waals surface area contributed by atoms with Crippen molar-refractivity contribution in [3.8, 4) is 0 Å². The Bertz CT molecular complexity index is 562. The summed E-state index contributed by atoms with van der Waals surface area (Å²) >= 11 is 3.95. The predicted octanol–water partition coefficient (Wildman–Crippen LogP) is 4.15. The molecule has 0 fully saturated rings. The van der Waals surface area contributed by atoms with Crippen LogP contribution in [-0.4, -0.2) is 24.6 Å². The molecule has 0 unspecified atom stereocenters. The van der Waals surface area contributed by atoms with Gasteiger partial charge in [-0.1, -0.05) is 36.4 Å². The summed E-state index contributed by atoms with van der Waals surface area (Å²) in [6.07, 6.45) is 1.16. The molecule has 1 heterocycles. The SMILES string of the molecule is c1ccc2c(c1)CNCCCNCc1ccccc1SCCS2. The molecule has 1 aliphatic heterocycles. The molecule has 0 radical (unpaired) electrons. The molecule has 3 rings (SSSR count). The third-order valence-electron chi connectivity index (χ3n) is 3.88. The van der Waals surface area contributed by atoms with Crippen LogP contribution in [0.15, 0.2) is 58.3 Å². The van der Waals surface area contributed by atoms with Gasteiger partial charge in [0.25, 0.3) is 0 Å². The summed E-state index contributed by atoms with van der Waals surface area (Å²) in [6, 6.07) is 17.6. The van der Waals surface area contributed by atoms with Crippen molar-refractivity contribution in [2.24, 2.45) is 0 Å². The van der Waals surface area contributed by atoms with Crippen molar-refractivity contribution < 1.29 is 0 Å². The van der Waals surface area contributed by atoms with Gasteiger partial charge in [0.1, 0.15) is 0 Å². The molecule has 0 saturated heterocycles. The van der Waals surface area contributed by atoms with Crippen LogP contribution in [0.1, 0.15) is 17.5 Å². The second-order valence-corrected chi connectivity index (χ2v) is 7.89. The Labute approximate surface area is 147 Å². The Hall–Kier alpha value is -0.940. The van der Waals surface area contributed by atoms with Crippen LogP contribution >= 0.6 is 23.5 Å². The zero-order chi connectivity index (χ0) is 15.7. The van der Waals surface area contributed by atoms with Crippen LogP contribution in [0.2, 0.25) is 0 Å². The van der Waals surface area contributed by atoms with Crippen LogP contribution < -0.4 is 10.6 Å². The second kappa shape index (κ2) is 9.38. The number of hydrogen-bond donors (Lipinski definition) is 2. The van der Waals surface area contributed by atoms with Crippen molar-refractivity contribution in [2.45, 2.75) is 29.3 Å². The molecule has 2 nitrogen and oxygen atoms in total. The first-order valence-electron chi connectivity index (χ1n) is 8.26. The summed E-state index contributed by atoms with van der Waals surface area (Å²) in [6.45, 7) is 4.05. The van der Waals surface area contributed by atoms with E-state index in [1.54, 1.807) is 0 Å². The number of fused-ring (bicyclic) bond motifs is 2. The molecule has 0 amide bonds. The van der Waals surface area contributed by atoms with Gasteiger partial charge < -0.3 is 10.6 Å². The highest BCUT2D eigenvalue weighted by Gasteiger charge is 2.06. The van der Waals surface area contributed by atoms with Crippen molar-refractivity contribution in [3.05, 3.63) is 59.7 Å². The summed E-state index contributed by atoms with van der Waals surface area (Å²) in [7, 11) is 0. The lowest BCUT2D eigenvalue weighted by Gasteiger charge is -2.10. The number of hydrogen-bond acceptors (Lipinski definition) is 4. The fourth-order valence-electron chi connectivity index (χ4n) is 2.67. The Balaban J connectivity index is 1.68. The standard InChI is InChI=1S/C19H24N2S2/c1-3-8-18-16(6-1)14-20-10-5-11-21-15-17-7-2-4-9-19(17)23-13-12-22-18/h1-4,6-9,20-21H,5,10-15H2. The van der Waals surface area contributed by atoms with Crippen molar-refractivity contribution in [1.82, 2.24) is 10.6 Å². The molecule has 2 N–H and O–H groups in total.